The summed E-state index contributed by atoms with van der Waals surface area (Å²) in [5.74, 6) is -0.426. The summed E-state index contributed by atoms with van der Waals surface area (Å²) in [6, 6.07) is 2.33. The zero-order chi connectivity index (χ0) is 9.14. The highest BCUT2D eigenvalue weighted by Crippen LogP contribution is 2.15. The van der Waals surface area contributed by atoms with Crippen LogP contribution in [0.2, 0.25) is 5.02 Å². The Hall–Kier alpha value is -1.49. The van der Waals surface area contributed by atoms with Crippen molar-refractivity contribution in [1.82, 2.24) is 4.98 Å². The van der Waals surface area contributed by atoms with Crippen LogP contribution in [-0.2, 0) is 0 Å². The van der Waals surface area contributed by atoms with Gasteiger partial charge < -0.3 is 10.1 Å². The van der Waals surface area contributed by atoms with Crippen molar-refractivity contribution in [1.29, 1.82) is 0 Å². The molecule has 5 nitrogen and oxygen atoms in total. The molecule has 0 fully saturated rings. The third-order valence-electron chi connectivity index (χ3n) is 1.10. The average molecular weight is 187 g/mol. The van der Waals surface area contributed by atoms with Crippen LogP contribution in [0.1, 0.15) is 10.5 Å². The molecule has 0 N–H and O–H groups in total. The molecule has 0 aliphatic heterocycles. The van der Waals surface area contributed by atoms with Crippen LogP contribution in [-0.4, -0.2) is 16.2 Å². The number of rotatable bonds is 2. The molecule has 0 radical (unpaired) electrons. The molecule has 1 aromatic heterocycles. The number of hydrogen-bond acceptors (Lipinski definition) is 4. The summed E-state index contributed by atoms with van der Waals surface area (Å²) in [5.41, 5.74) is -0.0470. The van der Waals surface area contributed by atoms with E-state index >= 15 is 0 Å². The van der Waals surface area contributed by atoms with Gasteiger partial charge in [-0.25, -0.2) is 0 Å². The first-order chi connectivity index (χ1) is 5.63. The van der Waals surface area contributed by atoms with Crippen molar-refractivity contribution >= 4 is 23.7 Å². The molecule has 0 spiro atoms. The van der Waals surface area contributed by atoms with Gasteiger partial charge in [-0.1, -0.05) is 11.6 Å². The summed E-state index contributed by atoms with van der Waals surface area (Å²) in [6.45, 7) is 0. The smallest absolute Gasteiger partial charge is 0.358 e. The predicted octanol–water partition coefficient (Wildman–Crippen LogP) is 1.46. The van der Waals surface area contributed by atoms with Gasteiger partial charge in [0, 0.05) is 6.07 Å². The first-order valence-corrected chi connectivity index (χ1v) is 3.28. The zero-order valence-electron chi connectivity index (χ0n) is 5.73. The second-order valence-corrected chi connectivity index (χ2v) is 2.38. The molecule has 12 heavy (non-hydrogen) atoms. The molecule has 0 saturated carbocycles. The Kier molecular flexibility index (Phi) is 2.35. The molecule has 0 saturated heterocycles. The van der Waals surface area contributed by atoms with Gasteiger partial charge in [0.15, 0.2) is 6.29 Å². The van der Waals surface area contributed by atoms with Crippen LogP contribution in [0.5, 0.6) is 0 Å². The van der Waals surface area contributed by atoms with Crippen molar-refractivity contribution in [3.05, 3.63) is 33.0 Å². The summed E-state index contributed by atoms with van der Waals surface area (Å²) in [6.07, 6.45) is 0.402. The van der Waals surface area contributed by atoms with E-state index in [4.69, 9.17) is 11.6 Å². The van der Waals surface area contributed by atoms with E-state index in [9.17, 15) is 14.9 Å². The first kappa shape index (κ1) is 8.61. The van der Waals surface area contributed by atoms with Crippen molar-refractivity contribution in [2.45, 2.75) is 0 Å². The number of nitrogens with zero attached hydrogens (tertiary/aromatic N) is 2. The number of nitro groups is 1. The third-order valence-corrected chi connectivity index (χ3v) is 1.32. The Morgan fingerprint density at radius 1 is 1.58 bits per heavy atom. The number of hydrogen-bond donors (Lipinski definition) is 0. The van der Waals surface area contributed by atoms with Crippen LogP contribution in [0.25, 0.3) is 0 Å². The maximum atomic E-state index is 10.2. The standard InChI is InChI=1S/C6H3ClN2O3/c7-4-1-5(3-10)8-6(2-4)9(11)12/h1-3H. The maximum Gasteiger partial charge on any atom is 0.365 e. The van der Waals surface area contributed by atoms with Crippen LogP contribution in [0, 0.1) is 10.1 Å². The first-order valence-electron chi connectivity index (χ1n) is 2.90. The van der Waals surface area contributed by atoms with Crippen LogP contribution in [0.3, 0.4) is 0 Å². The number of carbonyl (C=O) groups excluding carboxylic acids is 1. The fourth-order valence-electron chi connectivity index (χ4n) is 0.657. The molecule has 0 aliphatic rings. The van der Waals surface area contributed by atoms with Gasteiger partial charge in [0.05, 0.1) is 11.1 Å². The van der Waals surface area contributed by atoms with Crippen molar-refractivity contribution < 1.29 is 9.72 Å². The topological polar surface area (TPSA) is 73.1 Å². The van der Waals surface area contributed by atoms with Crippen LogP contribution >= 0.6 is 11.6 Å². The van der Waals surface area contributed by atoms with Crippen molar-refractivity contribution in [3.8, 4) is 0 Å². The van der Waals surface area contributed by atoms with Gasteiger partial charge in [-0.3, -0.25) is 4.79 Å². The minimum absolute atomic E-state index is 0.0470. The summed E-state index contributed by atoms with van der Waals surface area (Å²) in [7, 11) is 0. The average Bonchev–Trinajstić information content (AvgIpc) is 2.03. The van der Waals surface area contributed by atoms with Crippen LogP contribution in [0.15, 0.2) is 12.1 Å². The highest BCUT2D eigenvalue weighted by molar-refractivity contribution is 6.30. The third kappa shape index (κ3) is 1.76. The summed E-state index contributed by atoms with van der Waals surface area (Å²) < 4.78 is 0. The van der Waals surface area contributed by atoms with Gasteiger partial charge in [-0.15, -0.1) is 0 Å². The Labute approximate surface area is 72.1 Å². The molecule has 1 aromatic rings. The summed E-state index contributed by atoms with van der Waals surface area (Å²) in [5, 5.41) is 10.3. The number of carbonyl (C=O) groups is 1. The van der Waals surface area contributed by atoms with E-state index < -0.39 is 10.7 Å². The maximum absolute atomic E-state index is 10.2. The lowest BCUT2D eigenvalue weighted by molar-refractivity contribution is -0.389. The van der Waals surface area contributed by atoms with Gasteiger partial charge >= 0.3 is 5.82 Å². The molecular formula is C6H3ClN2O3. The molecule has 0 amide bonds. The van der Waals surface area contributed by atoms with Crippen molar-refractivity contribution in [3.63, 3.8) is 0 Å². The zero-order valence-corrected chi connectivity index (χ0v) is 6.49. The summed E-state index contributed by atoms with van der Waals surface area (Å²) >= 11 is 5.47. The number of halogens is 1. The summed E-state index contributed by atoms with van der Waals surface area (Å²) in [4.78, 5) is 23.1. The Balaban J connectivity index is 3.23. The fourth-order valence-corrected chi connectivity index (χ4v) is 0.866. The minimum atomic E-state index is -0.709. The molecule has 62 valence electrons. The number of aldehydes is 1. The molecule has 6 heteroatoms. The Morgan fingerprint density at radius 3 is 2.75 bits per heavy atom. The SMILES string of the molecule is O=Cc1cc(Cl)cc([N+](=O)[O-])n1. The van der Waals surface area contributed by atoms with E-state index in [2.05, 4.69) is 4.98 Å². The molecule has 0 atom stereocenters. The minimum Gasteiger partial charge on any atom is -0.358 e. The van der Waals surface area contributed by atoms with Crippen LogP contribution < -0.4 is 0 Å². The fraction of sp³-hybridized carbons (Fsp3) is 0. The van der Waals surface area contributed by atoms with Gasteiger partial charge in [-0.05, 0) is 9.91 Å². The quantitative estimate of drug-likeness (QED) is 0.398. The Bertz CT molecular complexity index is 340. The number of pyridine rings is 1. The second kappa shape index (κ2) is 3.27. The number of aromatic nitrogens is 1. The largest absolute Gasteiger partial charge is 0.365 e. The van der Waals surface area contributed by atoms with Crippen LogP contribution in [0.4, 0.5) is 5.82 Å². The molecule has 0 unspecified atom stereocenters. The van der Waals surface area contributed by atoms with Gasteiger partial charge in [0.25, 0.3) is 0 Å². The lowest BCUT2D eigenvalue weighted by Gasteiger charge is -1.92. The van der Waals surface area contributed by atoms with Crippen molar-refractivity contribution in [2.75, 3.05) is 0 Å². The second-order valence-electron chi connectivity index (χ2n) is 1.94. The van der Waals surface area contributed by atoms with Gasteiger partial charge in [0.1, 0.15) is 0 Å². The monoisotopic (exact) mass is 186 g/mol. The normalized spacial score (nSPS) is 9.42. The Morgan fingerprint density at radius 2 is 2.25 bits per heavy atom. The molecule has 0 aliphatic carbocycles. The highest BCUT2D eigenvalue weighted by Gasteiger charge is 2.11. The van der Waals surface area contributed by atoms with E-state index in [1.165, 1.54) is 6.07 Å². The lowest BCUT2D eigenvalue weighted by Crippen LogP contribution is -1.95. The van der Waals surface area contributed by atoms with Crippen molar-refractivity contribution in [2.24, 2.45) is 0 Å². The van der Waals surface area contributed by atoms with E-state index in [-0.39, 0.29) is 10.7 Å². The molecule has 1 heterocycles. The van der Waals surface area contributed by atoms with Gasteiger partial charge in [-0.2, -0.15) is 0 Å². The van der Waals surface area contributed by atoms with E-state index in [1.54, 1.807) is 0 Å². The molecule has 1 rings (SSSR count). The molecular weight excluding hydrogens is 184 g/mol. The highest BCUT2D eigenvalue weighted by atomic mass is 35.5. The molecule has 0 aromatic carbocycles. The predicted molar refractivity (Wildman–Crippen MR) is 41.3 cm³/mol. The molecule has 0 bridgehead atoms. The van der Waals surface area contributed by atoms with E-state index in [0.717, 1.165) is 6.07 Å². The van der Waals surface area contributed by atoms with E-state index in [1.807, 2.05) is 0 Å². The van der Waals surface area contributed by atoms with E-state index in [0.29, 0.717) is 6.29 Å². The van der Waals surface area contributed by atoms with Gasteiger partial charge in [0.2, 0.25) is 5.69 Å². The lowest BCUT2D eigenvalue weighted by atomic mass is 10.4.